The summed E-state index contributed by atoms with van der Waals surface area (Å²) in [5, 5.41) is 19.7. The fourth-order valence-electron chi connectivity index (χ4n) is 1.16. The molecular formula is C9H11NO3S. The Labute approximate surface area is 87.1 Å². The maximum absolute atomic E-state index is 10.4. The van der Waals surface area contributed by atoms with Crippen LogP contribution in [0.25, 0.3) is 0 Å². The van der Waals surface area contributed by atoms with Crippen LogP contribution in [-0.4, -0.2) is 15.8 Å². The van der Waals surface area contributed by atoms with Crippen molar-refractivity contribution in [3.63, 3.8) is 0 Å². The monoisotopic (exact) mass is 213 g/mol. The lowest BCUT2D eigenvalue weighted by atomic mass is 10.1. The first-order valence-corrected chi connectivity index (χ1v) is 4.85. The molecule has 0 aliphatic heterocycles. The highest BCUT2D eigenvalue weighted by atomic mass is 32.1. The van der Waals surface area contributed by atoms with Crippen LogP contribution in [0.5, 0.6) is 5.75 Å². The van der Waals surface area contributed by atoms with Gasteiger partial charge in [-0.3, -0.25) is 10.1 Å². The summed E-state index contributed by atoms with van der Waals surface area (Å²) < 4.78 is 0. The van der Waals surface area contributed by atoms with E-state index in [-0.39, 0.29) is 11.4 Å². The van der Waals surface area contributed by atoms with Crippen LogP contribution >= 0.6 is 12.6 Å². The van der Waals surface area contributed by atoms with Crippen LogP contribution in [0.2, 0.25) is 0 Å². The zero-order valence-electron chi connectivity index (χ0n) is 7.51. The smallest absolute Gasteiger partial charge is 0.310 e. The number of phenolic OH excluding ortho intramolecular Hbond substituents is 1. The van der Waals surface area contributed by atoms with E-state index < -0.39 is 4.92 Å². The number of nitrogens with zero attached hydrogens (tertiary/aromatic N) is 1. The van der Waals surface area contributed by atoms with Gasteiger partial charge in [-0.05, 0) is 30.2 Å². The Morgan fingerprint density at radius 3 is 2.71 bits per heavy atom. The van der Waals surface area contributed by atoms with Gasteiger partial charge in [0.1, 0.15) is 0 Å². The van der Waals surface area contributed by atoms with Crippen molar-refractivity contribution in [1.82, 2.24) is 0 Å². The van der Waals surface area contributed by atoms with Gasteiger partial charge in [0.15, 0.2) is 5.75 Å². The average molecular weight is 213 g/mol. The number of hydrogen-bond acceptors (Lipinski definition) is 4. The number of phenols is 1. The molecule has 0 bridgehead atoms. The minimum absolute atomic E-state index is 0.250. The van der Waals surface area contributed by atoms with Crippen molar-refractivity contribution in [2.45, 2.75) is 12.8 Å². The lowest BCUT2D eigenvalue weighted by molar-refractivity contribution is -0.385. The third-order valence-electron chi connectivity index (χ3n) is 1.86. The normalized spacial score (nSPS) is 10.1. The molecular weight excluding hydrogens is 202 g/mol. The maximum atomic E-state index is 10.4. The third-order valence-corrected chi connectivity index (χ3v) is 2.18. The maximum Gasteiger partial charge on any atom is 0.310 e. The highest BCUT2D eigenvalue weighted by Gasteiger charge is 2.12. The Bertz CT molecular complexity index is 341. The van der Waals surface area contributed by atoms with Gasteiger partial charge in [0, 0.05) is 6.07 Å². The van der Waals surface area contributed by atoms with Gasteiger partial charge in [0.25, 0.3) is 0 Å². The first kappa shape index (κ1) is 10.8. The van der Waals surface area contributed by atoms with E-state index >= 15 is 0 Å². The Kier molecular flexibility index (Phi) is 3.76. The van der Waals surface area contributed by atoms with Gasteiger partial charge in [-0.25, -0.2) is 0 Å². The van der Waals surface area contributed by atoms with E-state index in [4.69, 9.17) is 0 Å². The van der Waals surface area contributed by atoms with Crippen LogP contribution in [0.4, 0.5) is 5.69 Å². The molecule has 0 aliphatic rings. The SMILES string of the molecule is O=[N+]([O-])c1ccc(CCCS)cc1O. The van der Waals surface area contributed by atoms with E-state index in [1.165, 1.54) is 12.1 Å². The molecule has 0 unspecified atom stereocenters. The molecule has 14 heavy (non-hydrogen) atoms. The summed E-state index contributed by atoms with van der Waals surface area (Å²) >= 11 is 4.06. The van der Waals surface area contributed by atoms with Crippen molar-refractivity contribution < 1.29 is 10.0 Å². The number of benzene rings is 1. The van der Waals surface area contributed by atoms with Crippen molar-refractivity contribution >= 4 is 18.3 Å². The second kappa shape index (κ2) is 4.85. The predicted molar refractivity (Wildman–Crippen MR) is 56.9 cm³/mol. The van der Waals surface area contributed by atoms with Crippen LogP contribution in [0.3, 0.4) is 0 Å². The Hall–Kier alpha value is -1.23. The average Bonchev–Trinajstić information content (AvgIpc) is 2.14. The van der Waals surface area contributed by atoms with Gasteiger partial charge in [0.05, 0.1) is 4.92 Å². The van der Waals surface area contributed by atoms with Crippen molar-refractivity contribution in [3.05, 3.63) is 33.9 Å². The molecule has 0 saturated carbocycles. The van der Waals surface area contributed by atoms with Crippen LogP contribution < -0.4 is 0 Å². The van der Waals surface area contributed by atoms with Crippen LogP contribution in [-0.2, 0) is 6.42 Å². The zero-order chi connectivity index (χ0) is 10.6. The molecule has 1 aromatic rings. The fraction of sp³-hybridized carbons (Fsp3) is 0.333. The molecule has 4 nitrogen and oxygen atoms in total. The lowest BCUT2D eigenvalue weighted by Crippen LogP contribution is -1.91. The van der Waals surface area contributed by atoms with Gasteiger partial charge in [-0.15, -0.1) is 0 Å². The summed E-state index contributed by atoms with van der Waals surface area (Å²) in [7, 11) is 0. The Morgan fingerprint density at radius 1 is 1.50 bits per heavy atom. The van der Waals surface area contributed by atoms with Crippen molar-refractivity contribution in [1.29, 1.82) is 0 Å². The molecule has 0 aliphatic carbocycles. The number of hydrogen-bond donors (Lipinski definition) is 2. The van der Waals surface area contributed by atoms with Gasteiger partial charge in [-0.1, -0.05) is 6.07 Å². The second-order valence-corrected chi connectivity index (χ2v) is 3.35. The molecule has 0 radical (unpaired) electrons. The third kappa shape index (κ3) is 2.63. The standard InChI is InChI=1S/C9H11NO3S/c11-9-6-7(2-1-5-14)3-4-8(9)10(12)13/h3-4,6,11,14H,1-2,5H2. The summed E-state index contributed by atoms with van der Waals surface area (Å²) in [6.45, 7) is 0. The number of rotatable bonds is 4. The number of nitro benzene ring substituents is 1. The van der Waals surface area contributed by atoms with Crippen LogP contribution in [0, 0.1) is 10.1 Å². The molecule has 0 spiro atoms. The lowest BCUT2D eigenvalue weighted by Gasteiger charge is -2.00. The zero-order valence-corrected chi connectivity index (χ0v) is 8.41. The summed E-state index contributed by atoms with van der Waals surface area (Å²) in [5.74, 6) is 0.490. The van der Waals surface area contributed by atoms with E-state index in [1.54, 1.807) is 6.07 Å². The molecule has 76 valence electrons. The number of nitro groups is 1. The minimum Gasteiger partial charge on any atom is -0.502 e. The molecule has 0 heterocycles. The van der Waals surface area contributed by atoms with E-state index in [9.17, 15) is 15.2 Å². The Morgan fingerprint density at radius 2 is 2.21 bits per heavy atom. The largest absolute Gasteiger partial charge is 0.502 e. The molecule has 1 N–H and O–H groups in total. The Balaban J connectivity index is 2.83. The first-order chi connectivity index (χ1) is 6.65. The van der Waals surface area contributed by atoms with Crippen molar-refractivity contribution in [3.8, 4) is 5.75 Å². The van der Waals surface area contributed by atoms with E-state index in [1.807, 2.05) is 0 Å². The number of thiol groups is 1. The topological polar surface area (TPSA) is 63.4 Å². The highest BCUT2D eigenvalue weighted by molar-refractivity contribution is 7.80. The van der Waals surface area contributed by atoms with Gasteiger partial charge in [0.2, 0.25) is 0 Å². The minimum atomic E-state index is -0.599. The predicted octanol–water partition coefficient (Wildman–Crippen LogP) is 2.16. The molecule has 0 aromatic heterocycles. The first-order valence-electron chi connectivity index (χ1n) is 4.22. The van der Waals surface area contributed by atoms with Gasteiger partial charge in [-0.2, -0.15) is 12.6 Å². The molecule has 0 saturated heterocycles. The molecule has 5 heteroatoms. The molecule has 0 fully saturated rings. The summed E-state index contributed by atoms with van der Waals surface area (Å²) in [5.41, 5.74) is 0.641. The van der Waals surface area contributed by atoms with E-state index in [0.29, 0.717) is 0 Å². The number of aromatic hydroxyl groups is 1. The fourth-order valence-corrected chi connectivity index (χ4v) is 1.32. The quantitative estimate of drug-likeness (QED) is 0.457. The second-order valence-electron chi connectivity index (χ2n) is 2.91. The van der Waals surface area contributed by atoms with Crippen LogP contribution in [0.15, 0.2) is 18.2 Å². The van der Waals surface area contributed by atoms with Gasteiger partial charge >= 0.3 is 5.69 Å². The summed E-state index contributed by atoms with van der Waals surface area (Å²) in [4.78, 5) is 9.78. The van der Waals surface area contributed by atoms with Crippen molar-refractivity contribution in [2.75, 3.05) is 5.75 Å². The molecule has 0 amide bonds. The van der Waals surface area contributed by atoms with E-state index in [2.05, 4.69) is 12.6 Å². The molecule has 0 atom stereocenters. The number of aryl methyl sites for hydroxylation is 1. The highest BCUT2D eigenvalue weighted by Crippen LogP contribution is 2.26. The van der Waals surface area contributed by atoms with Crippen molar-refractivity contribution in [2.24, 2.45) is 0 Å². The summed E-state index contributed by atoms with van der Waals surface area (Å²) in [6.07, 6.45) is 1.66. The summed E-state index contributed by atoms with van der Waals surface area (Å²) in [6, 6.07) is 4.41. The molecule has 1 rings (SSSR count). The van der Waals surface area contributed by atoms with E-state index in [0.717, 1.165) is 24.2 Å². The van der Waals surface area contributed by atoms with Crippen LogP contribution in [0.1, 0.15) is 12.0 Å². The van der Waals surface area contributed by atoms with Gasteiger partial charge < -0.3 is 5.11 Å². The molecule has 1 aromatic carbocycles.